The molecule has 16 heavy (non-hydrogen) atoms. The molecule has 0 radical (unpaired) electrons. The van der Waals surface area contributed by atoms with Crippen LogP contribution in [0.25, 0.3) is 5.57 Å². The van der Waals surface area contributed by atoms with Crippen LogP contribution in [0.4, 0.5) is 0 Å². The molecule has 1 nitrogen and oxygen atoms in total. The fourth-order valence-electron chi connectivity index (χ4n) is 1.93. The van der Waals surface area contributed by atoms with E-state index in [9.17, 15) is 0 Å². The zero-order chi connectivity index (χ0) is 12.1. The molecule has 0 aliphatic carbocycles. The molecular formula is C14H20OS. The van der Waals surface area contributed by atoms with Gasteiger partial charge in [0.25, 0.3) is 0 Å². The predicted octanol–water partition coefficient (Wildman–Crippen LogP) is 4.77. The van der Waals surface area contributed by atoms with E-state index in [0.717, 1.165) is 12.2 Å². The third-order valence-corrected chi connectivity index (χ3v) is 3.06. The van der Waals surface area contributed by atoms with Gasteiger partial charge in [-0.05, 0) is 61.6 Å². The van der Waals surface area contributed by atoms with Crippen molar-refractivity contribution in [3.8, 4) is 5.75 Å². The molecule has 88 valence electrons. The molecule has 0 unspecified atom stereocenters. The van der Waals surface area contributed by atoms with E-state index in [1.165, 1.54) is 34.3 Å². The highest BCUT2D eigenvalue weighted by molar-refractivity contribution is 7.94. The number of hydrogen-bond donors (Lipinski definition) is 0. The molecule has 0 amide bonds. The van der Waals surface area contributed by atoms with Gasteiger partial charge in [0.15, 0.2) is 0 Å². The molecule has 0 N–H and O–H groups in total. The normalized spacial score (nSPS) is 11.7. The summed E-state index contributed by atoms with van der Waals surface area (Å²) in [7, 11) is 0. The minimum Gasteiger partial charge on any atom is -0.426 e. The monoisotopic (exact) mass is 236 g/mol. The minimum absolute atomic E-state index is 1.00. The smallest absolute Gasteiger partial charge is 0.143 e. The summed E-state index contributed by atoms with van der Waals surface area (Å²) in [4.78, 5) is 0. The zero-order valence-electron chi connectivity index (χ0n) is 10.8. The second-order valence-corrected chi connectivity index (χ2v) is 4.36. The maximum absolute atomic E-state index is 5.57. The first kappa shape index (κ1) is 13.2. The lowest BCUT2D eigenvalue weighted by Crippen LogP contribution is -1.92. The maximum Gasteiger partial charge on any atom is 0.143 e. The third-order valence-electron chi connectivity index (χ3n) is 2.73. The fraction of sp³-hybridized carbons (Fsp3) is 0.429. The molecule has 0 atom stereocenters. The Morgan fingerprint density at radius 1 is 1.31 bits per heavy atom. The number of benzene rings is 1. The van der Waals surface area contributed by atoms with E-state index in [1.54, 1.807) is 0 Å². The highest BCUT2D eigenvalue weighted by Gasteiger charge is 2.08. The van der Waals surface area contributed by atoms with Crippen LogP contribution >= 0.6 is 12.0 Å². The van der Waals surface area contributed by atoms with Crippen LogP contribution in [0.2, 0.25) is 0 Å². The lowest BCUT2D eigenvalue weighted by Gasteiger charge is -2.13. The average Bonchev–Trinajstić information content (AvgIpc) is 2.25. The maximum atomic E-state index is 5.57. The molecular weight excluding hydrogens is 216 g/mol. The minimum atomic E-state index is 1.00. The molecule has 1 rings (SSSR count). The lowest BCUT2D eigenvalue weighted by atomic mass is 9.98. The van der Waals surface area contributed by atoms with E-state index in [-0.39, 0.29) is 0 Å². The van der Waals surface area contributed by atoms with Crippen LogP contribution in [0, 0.1) is 13.8 Å². The molecule has 0 saturated heterocycles. The van der Waals surface area contributed by atoms with Crippen LogP contribution in [-0.4, -0.2) is 6.26 Å². The van der Waals surface area contributed by atoms with Crippen molar-refractivity contribution < 1.29 is 4.18 Å². The SMILES string of the molecule is C/C=C(\CC)c1cc(C)c(OSC)c(C)c1. The van der Waals surface area contributed by atoms with Gasteiger partial charge in [-0.3, -0.25) is 0 Å². The quantitative estimate of drug-likeness (QED) is 0.696. The summed E-state index contributed by atoms with van der Waals surface area (Å²) in [6.07, 6.45) is 5.19. The topological polar surface area (TPSA) is 9.23 Å². The molecule has 1 aromatic carbocycles. The van der Waals surface area contributed by atoms with E-state index in [2.05, 4.69) is 45.9 Å². The van der Waals surface area contributed by atoms with Gasteiger partial charge >= 0.3 is 0 Å². The molecule has 0 bridgehead atoms. The highest BCUT2D eigenvalue weighted by Crippen LogP contribution is 2.30. The summed E-state index contributed by atoms with van der Waals surface area (Å²) in [5.74, 6) is 1.00. The van der Waals surface area contributed by atoms with Crippen molar-refractivity contribution in [3.63, 3.8) is 0 Å². The molecule has 0 heterocycles. The van der Waals surface area contributed by atoms with Crippen LogP contribution < -0.4 is 4.18 Å². The Balaban J connectivity index is 3.18. The molecule has 1 aromatic rings. The van der Waals surface area contributed by atoms with Gasteiger partial charge in [0, 0.05) is 6.26 Å². The summed E-state index contributed by atoms with van der Waals surface area (Å²) in [6.45, 7) is 8.48. The van der Waals surface area contributed by atoms with Gasteiger partial charge in [0.1, 0.15) is 5.75 Å². The predicted molar refractivity (Wildman–Crippen MR) is 74.0 cm³/mol. The van der Waals surface area contributed by atoms with Crippen LogP contribution in [0.15, 0.2) is 18.2 Å². The summed E-state index contributed by atoms with van der Waals surface area (Å²) in [5, 5.41) is 0. The first-order valence-electron chi connectivity index (χ1n) is 5.61. The molecule has 0 spiro atoms. The summed E-state index contributed by atoms with van der Waals surface area (Å²) in [6, 6.07) is 4.41. The molecule has 0 aromatic heterocycles. The van der Waals surface area contributed by atoms with Crippen molar-refractivity contribution in [1.29, 1.82) is 0 Å². The molecule has 0 fully saturated rings. The van der Waals surface area contributed by atoms with Crippen molar-refractivity contribution in [2.75, 3.05) is 6.26 Å². The number of hydrogen-bond acceptors (Lipinski definition) is 2. The second kappa shape index (κ2) is 6.00. The lowest BCUT2D eigenvalue weighted by molar-refractivity contribution is 0.637. The van der Waals surface area contributed by atoms with E-state index in [1.807, 2.05) is 6.26 Å². The van der Waals surface area contributed by atoms with Gasteiger partial charge in [-0.1, -0.05) is 13.0 Å². The standard InChI is InChI=1S/C14H20OS/c1-6-12(7-2)13-8-10(3)14(15-16-5)11(4)9-13/h6,8-9H,7H2,1-5H3/b12-6+. The van der Waals surface area contributed by atoms with Gasteiger partial charge in [-0.25, -0.2) is 0 Å². The first-order valence-corrected chi connectivity index (χ1v) is 6.76. The van der Waals surface area contributed by atoms with E-state index in [0.29, 0.717) is 0 Å². The van der Waals surface area contributed by atoms with E-state index >= 15 is 0 Å². The Bertz CT molecular complexity index is 371. The van der Waals surface area contributed by atoms with Gasteiger partial charge < -0.3 is 4.18 Å². The molecule has 0 saturated carbocycles. The fourth-order valence-corrected chi connectivity index (χ4v) is 2.35. The molecule has 0 aliphatic heterocycles. The average molecular weight is 236 g/mol. The van der Waals surface area contributed by atoms with Crippen LogP contribution in [0.3, 0.4) is 0 Å². The highest BCUT2D eigenvalue weighted by atomic mass is 32.2. The number of rotatable bonds is 4. The number of allylic oxidation sites excluding steroid dienone is 2. The Morgan fingerprint density at radius 2 is 1.88 bits per heavy atom. The van der Waals surface area contributed by atoms with Crippen LogP contribution in [0.1, 0.15) is 37.0 Å². The van der Waals surface area contributed by atoms with E-state index in [4.69, 9.17) is 4.18 Å². The Kier molecular flexibility index (Phi) is 4.94. The third kappa shape index (κ3) is 2.82. The summed E-state index contributed by atoms with van der Waals surface area (Å²) >= 11 is 1.39. The summed E-state index contributed by atoms with van der Waals surface area (Å²) < 4.78 is 5.57. The van der Waals surface area contributed by atoms with Crippen molar-refractivity contribution in [2.24, 2.45) is 0 Å². The Hall–Kier alpha value is -0.890. The van der Waals surface area contributed by atoms with Crippen molar-refractivity contribution in [2.45, 2.75) is 34.1 Å². The van der Waals surface area contributed by atoms with Gasteiger partial charge in [0.2, 0.25) is 0 Å². The Labute approximate surface area is 103 Å². The van der Waals surface area contributed by atoms with Gasteiger partial charge in [0.05, 0.1) is 12.0 Å². The largest absolute Gasteiger partial charge is 0.426 e. The molecule has 2 heteroatoms. The zero-order valence-corrected chi connectivity index (χ0v) is 11.6. The second-order valence-electron chi connectivity index (χ2n) is 3.86. The van der Waals surface area contributed by atoms with Crippen LogP contribution in [-0.2, 0) is 0 Å². The van der Waals surface area contributed by atoms with Gasteiger partial charge in [-0.2, -0.15) is 0 Å². The first-order chi connectivity index (χ1) is 7.63. The summed E-state index contributed by atoms with van der Waals surface area (Å²) in [5.41, 5.74) is 5.12. The Morgan fingerprint density at radius 3 is 2.25 bits per heavy atom. The van der Waals surface area contributed by atoms with Gasteiger partial charge in [-0.15, -0.1) is 0 Å². The molecule has 0 aliphatic rings. The van der Waals surface area contributed by atoms with E-state index < -0.39 is 0 Å². The van der Waals surface area contributed by atoms with Crippen molar-refractivity contribution in [3.05, 3.63) is 34.9 Å². The number of aryl methyl sites for hydroxylation is 2. The van der Waals surface area contributed by atoms with Crippen molar-refractivity contribution >= 4 is 17.6 Å². The van der Waals surface area contributed by atoms with Crippen LogP contribution in [0.5, 0.6) is 5.75 Å². The van der Waals surface area contributed by atoms with Crippen molar-refractivity contribution in [1.82, 2.24) is 0 Å².